The van der Waals surface area contributed by atoms with Crippen LogP contribution in [-0.2, 0) is 18.2 Å². The quantitative estimate of drug-likeness (QED) is 0.756. The highest BCUT2D eigenvalue weighted by Crippen LogP contribution is 2.15. The molecule has 116 valence electrons. The van der Waals surface area contributed by atoms with E-state index in [0.29, 0.717) is 12.1 Å². The number of ether oxygens (including phenoxy) is 1. The van der Waals surface area contributed by atoms with Gasteiger partial charge in [0.2, 0.25) is 0 Å². The Morgan fingerprint density at radius 3 is 2.50 bits per heavy atom. The van der Waals surface area contributed by atoms with Crippen molar-refractivity contribution in [2.75, 3.05) is 13.2 Å². The maximum atomic E-state index is 5.77. The number of nitrogens with zero attached hydrogens (tertiary/aromatic N) is 2. The first-order valence-electron chi connectivity index (χ1n) is 7.79. The van der Waals surface area contributed by atoms with Gasteiger partial charge >= 0.3 is 0 Å². The molecule has 1 aromatic rings. The van der Waals surface area contributed by atoms with Gasteiger partial charge in [-0.25, -0.2) is 0 Å². The number of rotatable bonds is 9. The first-order valence-corrected chi connectivity index (χ1v) is 7.79. The average Bonchev–Trinajstić information content (AvgIpc) is 2.63. The van der Waals surface area contributed by atoms with E-state index in [4.69, 9.17) is 4.74 Å². The molecule has 0 saturated heterocycles. The lowest BCUT2D eigenvalue weighted by Gasteiger charge is -2.20. The summed E-state index contributed by atoms with van der Waals surface area (Å²) in [7, 11) is 2.01. The maximum absolute atomic E-state index is 5.77. The molecule has 0 aliphatic heterocycles. The second-order valence-corrected chi connectivity index (χ2v) is 5.84. The third-order valence-corrected chi connectivity index (χ3v) is 3.72. The predicted octanol–water partition coefficient (Wildman–Crippen LogP) is 2.76. The summed E-state index contributed by atoms with van der Waals surface area (Å²) in [4.78, 5) is 0. The van der Waals surface area contributed by atoms with Gasteiger partial charge in [0.1, 0.15) is 0 Å². The summed E-state index contributed by atoms with van der Waals surface area (Å²) >= 11 is 0. The molecular formula is C16H31N3O. The minimum absolute atomic E-state index is 0.294. The van der Waals surface area contributed by atoms with Crippen LogP contribution in [0.2, 0.25) is 0 Å². The van der Waals surface area contributed by atoms with Crippen molar-refractivity contribution < 1.29 is 4.74 Å². The second-order valence-electron chi connectivity index (χ2n) is 5.84. The van der Waals surface area contributed by atoms with E-state index in [1.54, 1.807) is 0 Å². The van der Waals surface area contributed by atoms with Gasteiger partial charge in [-0.05, 0) is 59.1 Å². The molecule has 0 saturated carbocycles. The van der Waals surface area contributed by atoms with E-state index in [1.165, 1.54) is 11.3 Å². The predicted molar refractivity (Wildman–Crippen MR) is 84.2 cm³/mol. The van der Waals surface area contributed by atoms with Crippen molar-refractivity contribution in [1.82, 2.24) is 15.1 Å². The van der Waals surface area contributed by atoms with Gasteiger partial charge < -0.3 is 10.1 Å². The van der Waals surface area contributed by atoms with Crippen LogP contribution in [0.3, 0.4) is 0 Å². The Hall–Kier alpha value is -0.870. The van der Waals surface area contributed by atoms with Crippen molar-refractivity contribution in [3.05, 3.63) is 17.0 Å². The standard InChI is InChI=1S/C16H31N3O/c1-7-10-17-15(11-20-12(2)3)8-9-16-13(4)18-19(6)14(16)5/h12,15,17H,7-11H2,1-6H3. The summed E-state index contributed by atoms with van der Waals surface area (Å²) in [5.41, 5.74) is 3.82. The van der Waals surface area contributed by atoms with Crippen LogP contribution in [0.15, 0.2) is 0 Å². The van der Waals surface area contributed by atoms with Crippen molar-refractivity contribution >= 4 is 0 Å². The van der Waals surface area contributed by atoms with Crippen molar-refractivity contribution in [3.8, 4) is 0 Å². The van der Waals surface area contributed by atoms with Crippen molar-refractivity contribution in [1.29, 1.82) is 0 Å². The molecule has 0 fully saturated rings. The Morgan fingerprint density at radius 2 is 2.00 bits per heavy atom. The summed E-state index contributed by atoms with van der Waals surface area (Å²) < 4.78 is 7.75. The molecule has 1 N–H and O–H groups in total. The van der Waals surface area contributed by atoms with Crippen LogP contribution in [0.1, 0.15) is 50.6 Å². The molecule has 1 unspecified atom stereocenters. The largest absolute Gasteiger partial charge is 0.377 e. The lowest BCUT2D eigenvalue weighted by atomic mass is 10.0. The average molecular weight is 281 g/mol. The van der Waals surface area contributed by atoms with Gasteiger partial charge in [0, 0.05) is 18.8 Å². The van der Waals surface area contributed by atoms with Crippen molar-refractivity contribution in [3.63, 3.8) is 0 Å². The highest BCUT2D eigenvalue weighted by molar-refractivity contribution is 5.24. The van der Waals surface area contributed by atoms with Gasteiger partial charge in [-0.2, -0.15) is 5.10 Å². The van der Waals surface area contributed by atoms with Crippen molar-refractivity contribution in [2.45, 2.75) is 66.0 Å². The fourth-order valence-electron chi connectivity index (χ4n) is 2.40. The Morgan fingerprint density at radius 1 is 1.30 bits per heavy atom. The molecule has 0 bridgehead atoms. The summed E-state index contributed by atoms with van der Waals surface area (Å²) in [6, 6.07) is 0.427. The second kappa shape index (κ2) is 8.42. The first kappa shape index (κ1) is 17.2. The molecular weight excluding hydrogens is 250 g/mol. The van der Waals surface area contributed by atoms with E-state index in [9.17, 15) is 0 Å². The summed E-state index contributed by atoms with van der Waals surface area (Å²) in [6.07, 6.45) is 3.61. The minimum Gasteiger partial charge on any atom is -0.377 e. The molecule has 20 heavy (non-hydrogen) atoms. The molecule has 0 spiro atoms. The summed E-state index contributed by atoms with van der Waals surface area (Å²) in [6.45, 7) is 12.5. The smallest absolute Gasteiger partial charge is 0.0628 e. The van der Waals surface area contributed by atoms with E-state index < -0.39 is 0 Å². The Labute approximate surface area is 123 Å². The normalized spacial score (nSPS) is 13.2. The summed E-state index contributed by atoms with van der Waals surface area (Å²) in [5, 5.41) is 8.08. The SMILES string of the molecule is CCCNC(CCc1c(C)nn(C)c1C)COC(C)C. The molecule has 4 nitrogen and oxygen atoms in total. The fraction of sp³-hybridized carbons (Fsp3) is 0.812. The molecule has 1 aromatic heterocycles. The van der Waals surface area contributed by atoms with Gasteiger partial charge in [0.05, 0.1) is 18.4 Å². The van der Waals surface area contributed by atoms with Crippen LogP contribution in [0.4, 0.5) is 0 Å². The monoisotopic (exact) mass is 281 g/mol. The van der Waals surface area contributed by atoms with Gasteiger partial charge in [-0.3, -0.25) is 4.68 Å². The van der Waals surface area contributed by atoms with Gasteiger partial charge in [-0.15, -0.1) is 0 Å². The first-order chi connectivity index (χ1) is 9.45. The molecule has 4 heteroatoms. The molecule has 0 amide bonds. The van der Waals surface area contributed by atoms with Crippen LogP contribution in [-0.4, -0.2) is 35.1 Å². The number of nitrogens with one attached hydrogen (secondary N) is 1. The van der Waals surface area contributed by atoms with Crippen LogP contribution < -0.4 is 5.32 Å². The Kier molecular flexibility index (Phi) is 7.24. The van der Waals surface area contributed by atoms with Gasteiger partial charge in [-0.1, -0.05) is 6.92 Å². The molecule has 1 atom stereocenters. The molecule has 1 rings (SSSR count). The van der Waals surface area contributed by atoms with Crippen LogP contribution >= 0.6 is 0 Å². The number of aryl methyl sites for hydroxylation is 2. The van der Waals surface area contributed by atoms with E-state index in [1.807, 2.05) is 11.7 Å². The Balaban J connectivity index is 2.55. The molecule has 1 heterocycles. The Bertz CT molecular complexity index is 399. The molecule has 0 aliphatic carbocycles. The molecule has 0 aliphatic rings. The topological polar surface area (TPSA) is 39.1 Å². The van der Waals surface area contributed by atoms with Crippen LogP contribution in [0.5, 0.6) is 0 Å². The number of aromatic nitrogens is 2. The minimum atomic E-state index is 0.294. The van der Waals surface area contributed by atoms with Gasteiger partial charge in [0.15, 0.2) is 0 Å². The van der Waals surface area contributed by atoms with E-state index in [0.717, 1.165) is 38.1 Å². The lowest BCUT2D eigenvalue weighted by Crippen LogP contribution is -2.35. The molecule has 0 radical (unpaired) electrons. The zero-order valence-electron chi connectivity index (χ0n) is 14.0. The fourth-order valence-corrected chi connectivity index (χ4v) is 2.40. The third-order valence-electron chi connectivity index (χ3n) is 3.72. The highest BCUT2D eigenvalue weighted by atomic mass is 16.5. The van der Waals surface area contributed by atoms with E-state index >= 15 is 0 Å². The van der Waals surface area contributed by atoms with E-state index in [2.05, 4.69) is 45.0 Å². The van der Waals surface area contributed by atoms with Crippen LogP contribution in [0.25, 0.3) is 0 Å². The number of hydrogen-bond donors (Lipinski definition) is 1. The van der Waals surface area contributed by atoms with Crippen molar-refractivity contribution in [2.24, 2.45) is 7.05 Å². The van der Waals surface area contributed by atoms with E-state index in [-0.39, 0.29) is 0 Å². The third kappa shape index (κ3) is 5.25. The lowest BCUT2D eigenvalue weighted by molar-refractivity contribution is 0.0596. The summed E-state index contributed by atoms with van der Waals surface area (Å²) in [5.74, 6) is 0. The maximum Gasteiger partial charge on any atom is 0.0628 e. The zero-order valence-corrected chi connectivity index (χ0v) is 14.0. The van der Waals surface area contributed by atoms with Gasteiger partial charge in [0.25, 0.3) is 0 Å². The molecule has 0 aromatic carbocycles. The highest BCUT2D eigenvalue weighted by Gasteiger charge is 2.14. The van der Waals surface area contributed by atoms with Crippen LogP contribution in [0, 0.1) is 13.8 Å². The number of hydrogen-bond acceptors (Lipinski definition) is 3. The zero-order chi connectivity index (χ0) is 15.1.